The minimum absolute atomic E-state index is 0.220. The van der Waals surface area contributed by atoms with Crippen LogP contribution < -0.4 is 10.6 Å². The molecule has 1 aliphatic heterocycles. The second-order valence-electron chi connectivity index (χ2n) is 5.67. The second-order valence-corrected chi connectivity index (χ2v) is 6.42. The van der Waals surface area contributed by atoms with Crippen molar-refractivity contribution in [2.24, 2.45) is 5.92 Å². The Morgan fingerprint density at radius 1 is 1.35 bits per heavy atom. The number of nitrogens with one attached hydrogen (secondary N) is 2. The molecule has 2 amide bonds. The standard InChI is InChI=1S/C15H20N4O3S/c1-9-7-23-8-12(9)17-15(20)18-13(11-3-5-21-6-4-11)14-16-10(2)19-22-14/h7-8,11,13H,3-6H2,1-2H3,(H2,17,18,20)/t13-/m0/s1. The van der Waals surface area contributed by atoms with Crippen LogP contribution >= 0.6 is 11.3 Å². The molecule has 0 aliphatic carbocycles. The number of amides is 2. The molecule has 2 aromatic heterocycles. The van der Waals surface area contributed by atoms with Gasteiger partial charge in [-0.1, -0.05) is 5.16 Å². The summed E-state index contributed by atoms with van der Waals surface area (Å²) in [5, 5.41) is 13.6. The maximum atomic E-state index is 12.4. The van der Waals surface area contributed by atoms with Gasteiger partial charge in [-0.05, 0) is 43.6 Å². The largest absolute Gasteiger partial charge is 0.381 e. The average Bonchev–Trinajstić information content (AvgIpc) is 3.15. The van der Waals surface area contributed by atoms with Crippen molar-refractivity contribution in [1.82, 2.24) is 15.5 Å². The number of ether oxygens (including phenoxy) is 1. The molecule has 0 aromatic carbocycles. The van der Waals surface area contributed by atoms with Crippen LogP contribution in [0.5, 0.6) is 0 Å². The van der Waals surface area contributed by atoms with Gasteiger partial charge in [0, 0.05) is 18.6 Å². The number of anilines is 1. The van der Waals surface area contributed by atoms with Crippen LogP contribution in [0.2, 0.25) is 0 Å². The van der Waals surface area contributed by atoms with Gasteiger partial charge in [0.25, 0.3) is 0 Å². The van der Waals surface area contributed by atoms with Gasteiger partial charge in [-0.15, -0.1) is 11.3 Å². The molecule has 0 spiro atoms. The number of carbonyl (C=O) groups excluding carboxylic acids is 1. The first-order chi connectivity index (χ1) is 11.1. The summed E-state index contributed by atoms with van der Waals surface area (Å²) in [5.41, 5.74) is 1.86. The number of hydrogen-bond donors (Lipinski definition) is 2. The third-order valence-corrected chi connectivity index (χ3v) is 4.80. The van der Waals surface area contributed by atoms with E-state index >= 15 is 0 Å². The monoisotopic (exact) mass is 336 g/mol. The van der Waals surface area contributed by atoms with Crippen molar-refractivity contribution >= 4 is 23.1 Å². The summed E-state index contributed by atoms with van der Waals surface area (Å²) in [6, 6.07) is -0.571. The Labute approximate surface area is 138 Å². The number of carbonyl (C=O) groups is 1. The topological polar surface area (TPSA) is 89.3 Å². The molecule has 3 rings (SSSR count). The maximum absolute atomic E-state index is 12.4. The molecule has 23 heavy (non-hydrogen) atoms. The number of aromatic nitrogens is 2. The van der Waals surface area contributed by atoms with E-state index in [4.69, 9.17) is 9.26 Å². The molecule has 1 saturated heterocycles. The smallest absolute Gasteiger partial charge is 0.319 e. The zero-order chi connectivity index (χ0) is 16.2. The quantitative estimate of drug-likeness (QED) is 0.896. The van der Waals surface area contributed by atoms with E-state index in [1.165, 1.54) is 0 Å². The van der Waals surface area contributed by atoms with Crippen molar-refractivity contribution in [3.05, 3.63) is 28.0 Å². The van der Waals surface area contributed by atoms with Crippen molar-refractivity contribution < 1.29 is 14.1 Å². The summed E-state index contributed by atoms with van der Waals surface area (Å²) >= 11 is 1.55. The van der Waals surface area contributed by atoms with Crippen LogP contribution in [0, 0.1) is 19.8 Å². The van der Waals surface area contributed by atoms with E-state index in [1.807, 2.05) is 17.7 Å². The first-order valence-electron chi connectivity index (χ1n) is 7.61. The van der Waals surface area contributed by atoms with Gasteiger partial charge in [0.05, 0.1) is 5.69 Å². The lowest BCUT2D eigenvalue weighted by Crippen LogP contribution is -2.38. The third kappa shape index (κ3) is 3.89. The summed E-state index contributed by atoms with van der Waals surface area (Å²) in [7, 11) is 0. The fraction of sp³-hybridized carbons (Fsp3) is 0.533. The van der Waals surface area contributed by atoms with E-state index < -0.39 is 0 Å². The Kier molecular flexibility index (Phi) is 4.92. The number of nitrogens with zero attached hydrogens (tertiary/aromatic N) is 2. The Balaban J connectivity index is 1.72. The number of aryl methyl sites for hydroxylation is 2. The van der Waals surface area contributed by atoms with Crippen molar-refractivity contribution in [3.8, 4) is 0 Å². The molecule has 2 N–H and O–H groups in total. The van der Waals surface area contributed by atoms with Gasteiger partial charge >= 0.3 is 6.03 Å². The molecule has 8 heteroatoms. The zero-order valence-corrected chi connectivity index (χ0v) is 14.0. The SMILES string of the molecule is Cc1noc([C@@H](NC(=O)Nc2cscc2C)C2CCOCC2)n1. The average molecular weight is 336 g/mol. The molecule has 2 aromatic rings. The van der Waals surface area contributed by atoms with Crippen LogP contribution in [0.15, 0.2) is 15.3 Å². The Hall–Kier alpha value is -1.93. The van der Waals surface area contributed by atoms with Gasteiger partial charge in [-0.2, -0.15) is 4.98 Å². The lowest BCUT2D eigenvalue weighted by Gasteiger charge is -2.28. The van der Waals surface area contributed by atoms with E-state index in [0.717, 1.165) is 24.1 Å². The molecular formula is C15H20N4O3S. The van der Waals surface area contributed by atoms with Crippen LogP contribution in [0.1, 0.15) is 36.2 Å². The van der Waals surface area contributed by atoms with Gasteiger partial charge < -0.3 is 19.9 Å². The third-order valence-electron chi connectivity index (χ3n) is 3.94. The first kappa shape index (κ1) is 15.9. The molecule has 0 radical (unpaired) electrons. The summed E-state index contributed by atoms with van der Waals surface area (Å²) in [6.45, 7) is 5.09. The van der Waals surface area contributed by atoms with Gasteiger partial charge in [0.15, 0.2) is 5.82 Å². The molecule has 0 saturated carbocycles. The van der Waals surface area contributed by atoms with Crippen molar-refractivity contribution in [1.29, 1.82) is 0 Å². The molecule has 1 atom stereocenters. The number of rotatable bonds is 4. The Bertz CT molecular complexity index is 663. The predicted octanol–water partition coefficient (Wildman–Crippen LogP) is 3.04. The van der Waals surface area contributed by atoms with Crippen molar-refractivity contribution in [2.45, 2.75) is 32.7 Å². The highest BCUT2D eigenvalue weighted by Crippen LogP contribution is 2.29. The molecule has 124 valence electrons. The number of urea groups is 1. The van der Waals surface area contributed by atoms with Gasteiger partial charge in [-0.3, -0.25) is 0 Å². The van der Waals surface area contributed by atoms with Gasteiger partial charge in [-0.25, -0.2) is 4.79 Å². The number of hydrogen-bond acceptors (Lipinski definition) is 6. The zero-order valence-electron chi connectivity index (χ0n) is 13.2. The molecular weight excluding hydrogens is 316 g/mol. The van der Waals surface area contributed by atoms with Gasteiger partial charge in [0.2, 0.25) is 5.89 Å². The normalized spacial score (nSPS) is 17.0. The van der Waals surface area contributed by atoms with Crippen molar-refractivity contribution in [3.63, 3.8) is 0 Å². The lowest BCUT2D eigenvalue weighted by atomic mass is 9.91. The highest BCUT2D eigenvalue weighted by atomic mass is 32.1. The van der Waals surface area contributed by atoms with E-state index in [-0.39, 0.29) is 18.0 Å². The lowest BCUT2D eigenvalue weighted by molar-refractivity contribution is 0.0506. The summed E-state index contributed by atoms with van der Waals surface area (Å²) in [4.78, 5) is 16.7. The second kappa shape index (κ2) is 7.10. The van der Waals surface area contributed by atoms with Crippen LogP contribution in [0.4, 0.5) is 10.5 Å². The molecule has 1 fully saturated rings. The van der Waals surface area contributed by atoms with Crippen LogP contribution in [0.25, 0.3) is 0 Å². The highest BCUT2D eigenvalue weighted by molar-refractivity contribution is 7.08. The minimum atomic E-state index is -0.306. The summed E-state index contributed by atoms with van der Waals surface area (Å²) in [5.74, 6) is 1.23. The van der Waals surface area contributed by atoms with E-state index in [1.54, 1.807) is 18.3 Å². The molecule has 7 nitrogen and oxygen atoms in total. The van der Waals surface area contributed by atoms with E-state index in [0.29, 0.717) is 24.9 Å². The maximum Gasteiger partial charge on any atom is 0.319 e. The van der Waals surface area contributed by atoms with Crippen LogP contribution in [-0.2, 0) is 4.74 Å². The van der Waals surface area contributed by atoms with Crippen LogP contribution in [-0.4, -0.2) is 29.4 Å². The van der Waals surface area contributed by atoms with Crippen LogP contribution in [0.3, 0.4) is 0 Å². The van der Waals surface area contributed by atoms with E-state index in [9.17, 15) is 4.79 Å². The number of thiophene rings is 1. The highest BCUT2D eigenvalue weighted by Gasteiger charge is 2.31. The fourth-order valence-electron chi connectivity index (χ4n) is 2.66. The van der Waals surface area contributed by atoms with Gasteiger partial charge in [0.1, 0.15) is 6.04 Å². The Morgan fingerprint density at radius 3 is 2.74 bits per heavy atom. The Morgan fingerprint density at radius 2 is 2.13 bits per heavy atom. The first-order valence-corrected chi connectivity index (χ1v) is 8.56. The molecule has 3 heterocycles. The molecule has 1 aliphatic rings. The molecule has 0 bridgehead atoms. The predicted molar refractivity (Wildman–Crippen MR) is 86.5 cm³/mol. The van der Waals surface area contributed by atoms with Crippen molar-refractivity contribution in [2.75, 3.05) is 18.5 Å². The fourth-order valence-corrected chi connectivity index (χ4v) is 3.44. The molecule has 0 unspecified atom stereocenters. The summed E-state index contributed by atoms with van der Waals surface area (Å²) in [6.07, 6.45) is 1.70. The summed E-state index contributed by atoms with van der Waals surface area (Å²) < 4.78 is 10.7. The van der Waals surface area contributed by atoms with E-state index in [2.05, 4.69) is 20.8 Å². The minimum Gasteiger partial charge on any atom is -0.381 e.